The van der Waals surface area contributed by atoms with E-state index >= 15 is 0 Å². The van der Waals surface area contributed by atoms with Gasteiger partial charge in [-0.2, -0.15) is 0 Å². The Labute approximate surface area is 149 Å². The first-order valence-electron chi connectivity index (χ1n) is 7.54. The molecule has 0 bridgehead atoms. The van der Waals surface area contributed by atoms with Crippen molar-refractivity contribution in [1.82, 2.24) is 9.97 Å². The summed E-state index contributed by atoms with van der Waals surface area (Å²) in [5.74, 6) is 0.770. The molecule has 6 nitrogen and oxygen atoms in total. The zero-order valence-electron chi connectivity index (χ0n) is 14.1. The smallest absolute Gasteiger partial charge is 0.261 e. The van der Waals surface area contributed by atoms with Gasteiger partial charge in [-0.1, -0.05) is 17.4 Å². The summed E-state index contributed by atoms with van der Waals surface area (Å²) in [5.41, 5.74) is 2.07. The molecule has 2 aromatic heterocycles. The van der Waals surface area contributed by atoms with E-state index in [2.05, 4.69) is 15.3 Å². The van der Waals surface area contributed by atoms with Crippen LogP contribution in [0.1, 0.15) is 16.1 Å². The summed E-state index contributed by atoms with van der Waals surface area (Å²) in [6.45, 7) is 1.89. The molecule has 0 saturated heterocycles. The summed E-state index contributed by atoms with van der Waals surface area (Å²) >= 11 is 1.39. The van der Waals surface area contributed by atoms with E-state index in [1.807, 2.05) is 25.1 Å². The van der Waals surface area contributed by atoms with Gasteiger partial charge < -0.3 is 9.47 Å². The Morgan fingerprint density at radius 1 is 1.16 bits per heavy atom. The molecule has 1 amide bonds. The van der Waals surface area contributed by atoms with E-state index in [1.54, 1.807) is 31.5 Å². The van der Waals surface area contributed by atoms with Crippen LogP contribution < -0.4 is 14.8 Å². The first-order chi connectivity index (χ1) is 12.1. The minimum Gasteiger partial charge on any atom is -0.497 e. The van der Waals surface area contributed by atoms with Crippen molar-refractivity contribution in [2.24, 2.45) is 0 Å². The fourth-order valence-electron chi connectivity index (χ4n) is 2.34. The van der Waals surface area contributed by atoms with Gasteiger partial charge in [-0.3, -0.25) is 15.1 Å². The van der Waals surface area contributed by atoms with Crippen LogP contribution in [0.15, 0.2) is 42.6 Å². The van der Waals surface area contributed by atoms with Gasteiger partial charge in [-0.05, 0) is 31.2 Å². The molecule has 0 aliphatic rings. The standard InChI is InChI=1S/C18H17N3O3S/c1-11-16(14-6-4-5-9-19-14)25-18(20-11)21-17(22)13-8-7-12(23-2)10-15(13)24-3/h4-10H,1-3H3,(H,20,21,22). The third-order valence-corrected chi connectivity index (χ3v) is 4.66. The topological polar surface area (TPSA) is 73.3 Å². The van der Waals surface area contributed by atoms with E-state index in [0.29, 0.717) is 22.2 Å². The predicted molar refractivity (Wildman–Crippen MR) is 97.6 cm³/mol. The summed E-state index contributed by atoms with van der Waals surface area (Å²) < 4.78 is 10.4. The van der Waals surface area contributed by atoms with Crippen LogP contribution in [0.3, 0.4) is 0 Å². The molecule has 7 heteroatoms. The molecule has 0 atom stereocenters. The fourth-order valence-corrected chi connectivity index (χ4v) is 3.27. The van der Waals surface area contributed by atoms with Gasteiger partial charge in [0.1, 0.15) is 11.5 Å². The highest BCUT2D eigenvalue weighted by Crippen LogP contribution is 2.32. The summed E-state index contributed by atoms with van der Waals surface area (Å²) in [5, 5.41) is 3.34. The van der Waals surface area contributed by atoms with Gasteiger partial charge in [0.2, 0.25) is 0 Å². The molecule has 0 unspecified atom stereocenters. The van der Waals surface area contributed by atoms with Gasteiger partial charge in [0.05, 0.1) is 36.0 Å². The number of hydrogen-bond donors (Lipinski definition) is 1. The highest BCUT2D eigenvalue weighted by Gasteiger charge is 2.17. The number of thiazole rings is 1. The largest absolute Gasteiger partial charge is 0.497 e. The summed E-state index contributed by atoms with van der Waals surface area (Å²) in [6, 6.07) is 10.7. The number of nitrogens with zero attached hydrogens (tertiary/aromatic N) is 2. The molecular weight excluding hydrogens is 338 g/mol. The number of amides is 1. The second kappa shape index (κ2) is 7.31. The van der Waals surface area contributed by atoms with Gasteiger partial charge in [-0.15, -0.1) is 0 Å². The van der Waals surface area contributed by atoms with Crippen LogP contribution in [-0.2, 0) is 0 Å². The molecule has 3 rings (SSSR count). The Hall–Kier alpha value is -2.93. The number of carbonyl (C=O) groups excluding carboxylic acids is 1. The number of methoxy groups -OCH3 is 2. The minimum absolute atomic E-state index is 0.291. The van der Waals surface area contributed by atoms with Crippen molar-refractivity contribution in [3.63, 3.8) is 0 Å². The number of anilines is 1. The van der Waals surface area contributed by atoms with Crippen LogP contribution >= 0.6 is 11.3 Å². The number of hydrogen-bond acceptors (Lipinski definition) is 6. The molecule has 25 heavy (non-hydrogen) atoms. The van der Waals surface area contributed by atoms with Crippen molar-refractivity contribution in [3.05, 3.63) is 53.9 Å². The average molecular weight is 355 g/mol. The second-order valence-corrected chi connectivity index (χ2v) is 6.17. The Bertz CT molecular complexity index is 894. The third kappa shape index (κ3) is 3.61. The van der Waals surface area contributed by atoms with Crippen molar-refractivity contribution in [1.29, 1.82) is 0 Å². The molecule has 0 aliphatic heterocycles. The van der Waals surface area contributed by atoms with Crippen molar-refractivity contribution in [3.8, 4) is 22.1 Å². The first kappa shape index (κ1) is 16.9. The van der Waals surface area contributed by atoms with Crippen LogP contribution in [-0.4, -0.2) is 30.1 Å². The van der Waals surface area contributed by atoms with E-state index in [1.165, 1.54) is 18.4 Å². The molecule has 1 N–H and O–H groups in total. The van der Waals surface area contributed by atoms with Crippen molar-refractivity contribution >= 4 is 22.4 Å². The molecule has 0 aliphatic carbocycles. The lowest BCUT2D eigenvalue weighted by molar-refractivity contribution is 0.102. The Kier molecular flexibility index (Phi) is 4.95. The minimum atomic E-state index is -0.291. The molecule has 0 fully saturated rings. The summed E-state index contributed by atoms with van der Waals surface area (Å²) in [6.07, 6.45) is 1.73. The molecule has 128 valence electrons. The Balaban J connectivity index is 1.85. The van der Waals surface area contributed by atoms with Gasteiger partial charge >= 0.3 is 0 Å². The predicted octanol–water partition coefficient (Wildman–Crippen LogP) is 3.78. The molecule has 1 aromatic carbocycles. The fraction of sp³-hybridized carbons (Fsp3) is 0.167. The van der Waals surface area contributed by atoms with E-state index < -0.39 is 0 Å². The molecular formula is C18H17N3O3S. The van der Waals surface area contributed by atoms with Gasteiger partial charge in [0.25, 0.3) is 5.91 Å². The second-order valence-electron chi connectivity index (χ2n) is 5.17. The van der Waals surface area contributed by atoms with E-state index in [9.17, 15) is 4.79 Å². The lowest BCUT2D eigenvalue weighted by Gasteiger charge is -2.09. The number of nitrogens with one attached hydrogen (secondary N) is 1. The number of benzene rings is 1. The number of aryl methyl sites for hydroxylation is 1. The number of carbonyl (C=O) groups is 1. The maximum absolute atomic E-state index is 12.6. The molecule has 3 aromatic rings. The zero-order chi connectivity index (χ0) is 17.8. The first-order valence-corrected chi connectivity index (χ1v) is 8.36. The van der Waals surface area contributed by atoms with Gasteiger partial charge in [-0.25, -0.2) is 4.98 Å². The molecule has 2 heterocycles. The van der Waals surface area contributed by atoms with Crippen LogP contribution in [0, 0.1) is 6.92 Å². The summed E-state index contributed by atoms with van der Waals surface area (Å²) in [7, 11) is 3.07. The van der Waals surface area contributed by atoms with E-state index in [4.69, 9.17) is 9.47 Å². The average Bonchev–Trinajstić information content (AvgIpc) is 3.01. The zero-order valence-corrected chi connectivity index (χ0v) is 14.9. The SMILES string of the molecule is COc1ccc(C(=O)Nc2nc(C)c(-c3ccccn3)s2)c(OC)c1. The van der Waals surface area contributed by atoms with Crippen molar-refractivity contribution in [2.75, 3.05) is 19.5 Å². The van der Waals surface area contributed by atoms with E-state index in [-0.39, 0.29) is 5.91 Å². The number of aromatic nitrogens is 2. The quantitative estimate of drug-likeness (QED) is 0.754. The van der Waals surface area contributed by atoms with Crippen LogP contribution in [0.4, 0.5) is 5.13 Å². The van der Waals surface area contributed by atoms with E-state index in [0.717, 1.165) is 16.3 Å². The highest BCUT2D eigenvalue weighted by molar-refractivity contribution is 7.19. The van der Waals surface area contributed by atoms with Gasteiger partial charge in [0, 0.05) is 12.3 Å². The maximum atomic E-state index is 12.6. The number of pyridine rings is 1. The lowest BCUT2D eigenvalue weighted by Crippen LogP contribution is -2.13. The summed E-state index contributed by atoms with van der Waals surface area (Å²) in [4.78, 5) is 22.3. The number of ether oxygens (including phenoxy) is 2. The normalized spacial score (nSPS) is 10.4. The van der Waals surface area contributed by atoms with Crippen LogP contribution in [0.2, 0.25) is 0 Å². The molecule has 0 saturated carbocycles. The van der Waals surface area contributed by atoms with Crippen molar-refractivity contribution < 1.29 is 14.3 Å². The van der Waals surface area contributed by atoms with Crippen LogP contribution in [0.5, 0.6) is 11.5 Å². The van der Waals surface area contributed by atoms with Gasteiger partial charge in [0.15, 0.2) is 5.13 Å². The Morgan fingerprint density at radius 3 is 2.68 bits per heavy atom. The number of rotatable bonds is 5. The maximum Gasteiger partial charge on any atom is 0.261 e. The third-order valence-electron chi connectivity index (χ3n) is 3.57. The van der Waals surface area contributed by atoms with Crippen molar-refractivity contribution in [2.45, 2.75) is 6.92 Å². The lowest BCUT2D eigenvalue weighted by atomic mass is 10.2. The van der Waals surface area contributed by atoms with Crippen LogP contribution in [0.25, 0.3) is 10.6 Å². The highest BCUT2D eigenvalue weighted by atomic mass is 32.1. The monoisotopic (exact) mass is 355 g/mol. The Morgan fingerprint density at radius 2 is 2.00 bits per heavy atom. The molecule has 0 radical (unpaired) electrons. The molecule has 0 spiro atoms.